The summed E-state index contributed by atoms with van der Waals surface area (Å²) in [5.41, 5.74) is 2.66. The Morgan fingerprint density at radius 3 is 2.77 bits per heavy atom. The van der Waals surface area contributed by atoms with Crippen LogP contribution in [0, 0.1) is 6.92 Å². The molecule has 6 heteroatoms. The average molecular weight is 369 g/mol. The van der Waals surface area contributed by atoms with Crippen LogP contribution in [0.25, 0.3) is 10.2 Å². The van der Waals surface area contributed by atoms with Crippen LogP contribution in [0.4, 0.5) is 5.82 Å². The highest BCUT2D eigenvalue weighted by Crippen LogP contribution is 2.39. The highest BCUT2D eigenvalue weighted by Gasteiger charge is 2.21. The van der Waals surface area contributed by atoms with E-state index in [0.29, 0.717) is 0 Å². The molecule has 0 fully saturated rings. The van der Waals surface area contributed by atoms with Gasteiger partial charge in [-0.05, 0) is 55.9 Å². The fourth-order valence-corrected chi connectivity index (χ4v) is 4.90. The van der Waals surface area contributed by atoms with E-state index in [4.69, 9.17) is 9.47 Å². The van der Waals surface area contributed by atoms with Crippen LogP contribution in [0.2, 0.25) is 0 Å². The number of rotatable bonds is 6. The van der Waals surface area contributed by atoms with Crippen molar-refractivity contribution in [1.29, 1.82) is 0 Å². The molecule has 0 unspecified atom stereocenters. The van der Waals surface area contributed by atoms with E-state index in [2.05, 4.69) is 21.4 Å². The van der Waals surface area contributed by atoms with Gasteiger partial charge in [-0.2, -0.15) is 0 Å². The molecule has 0 saturated carbocycles. The van der Waals surface area contributed by atoms with Crippen molar-refractivity contribution in [3.63, 3.8) is 0 Å². The Hall–Kier alpha value is -2.34. The van der Waals surface area contributed by atoms with Crippen LogP contribution in [0.5, 0.6) is 11.5 Å². The number of thiophene rings is 1. The highest BCUT2D eigenvalue weighted by molar-refractivity contribution is 7.19. The number of nitrogens with zero attached hydrogens (tertiary/aromatic N) is 2. The van der Waals surface area contributed by atoms with Crippen molar-refractivity contribution in [2.75, 3.05) is 26.1 Å². The summed E-state index contributed by atoms with van der Waals surface area (Å²) in [5.74, 6) is 3.32. The molecule has 1 aliphatic rings. The molecule has 1 aromatic carbocycles. The molecule has 5 nitrogen and oxygen atoms in total. The summed E-state index contributed by atoms with van der Waals surface area (Å²) >= 11 is 1.83. The van der Waals surface area contributed by atoms with Gasteiger partial charge in [-0.1, -0.05) is 6.07 Å². The fraction of sp³-hybridized carbons (Fsp3) is 0.400. The Bertz CT molecular complexity index is 952. The van der Waals surface area contributed by atoms with E-state index >= 15 is 0 Å². The molecule has 0 aliphatic heterocycles. The Morgan fingerprint density at radius 1 is 1.12 bits per heavy atom. The lowest BCUT2D eigenvalue weighted by molar-refractivity contribution is 0.354. The smallest absolute Gasteiger partial charge is 0.160 e. The summed E-state index contributed by atoms with van der Waals surface area (Å²) in [5, 5.41) is 4.78. The van der Waals surface area contributed by atoms with Crippen molar-refractivity contribution in [2.24, 2.45) is 0 Å². The second-order valence-corrected chi connectivity index (χ2v) is 7.61. The molecule has 0 bridgehead atoms. The number of hydrogen-bond acceptors (Lipinski definition) is 6. The molecule has 1 aliphatic carbocycles. The Labute approximate surface area is 157 Å². The van der Waals surface area contributed by atoms with Crippen molar-refractivity contribution in [3.05, 3.63) is 40.0 Å². The van der Waals surface area contributed by atoms with E-state index in [9.17, 15) is 0 Å². The summed E-state index contributed by atoms with van der Waals surface area (Å²) in [6, 6.07) is 6.06. The zero-order valence-electron chi connectivity index (χ0n) is 15.4. The molecule has 2 aromatic heterocycles. The van der Waals surface area contributed by atoms with Gasteiger partial charge in [-0.25, -0.2) is 9.97 Å². The Morgan fingerprint density at radius 2 is 1.96 bits per heavy atom. The molecule has 0 spiro atoms. The second kappa shape index (κ2) is 7.11. The predicted molar refractivity (Wildman–Crippen MR) is 106 cm³/mol. The maximum absolute atomic E-state index is 5.39. The zero-order chi connectivity index (χ0) is 18.1. The topological polar surface area (TPSA) is 56.3 Å². The summed E-state index contributed by atoms with van der Waals surface area (Å²) in [4.78, 5) is 11.9. The monoisotopic (exact) mass is 369 g/mol. The van der Waals surface area contributed by atoms with Crippen molar-refractivity contribution in [2.45, 2.75) is 32.6 Å². The third-order valence-electron chi connectivity index (χ3n) is 4.83. The van der Waals surface area contributed by atoms with Gasteiger partial charge in [0.1, 0.15) is 16.5 Å². The second-order valence-electron chi connectivity index (χ2n) is 6.52. The van der Waals surface area contributed by atoms with Crippen LogP contribution in [-0.2, 0) is 19.3 Å². The number of anilines is 1. The molecule has 0 saturated heterocycles. The third kappa shape index (κ3) is 3.09. The molecule has 0 atom stereocenters. The fourth-order valence-electron chi connectivity index (χ4n) is 3.59. The molecule has 26 heavy (non-hydrogen) atoms. The molecule has 1 N–H and O–H groups in total. The Balaban J connectivity index is 1.53. The quantitative estimate of drug-likeness (QED) is 0.707. The van der Waals surface area contributed by atoms with Gasteiger partial charge in [0, 0.05) is 11.4 Å². The normalized spacial score (nSPS) is 13.0. The van der Waals surface area contributed by atoms with Crippen LogP contribution in [0.15, 0.2) is 18.2 Å². The van der Waals surface area contributed by atoms with Gasteiger partial charge < -0.3 is 14.8 Å². The zero-order valence-corrected chi connectivity index (χ0v) is 16.2. The third-order valence-corrected chi connectivity index (χ3v) is 6.02. The van der Waals surface area contributed by atoms with E-state index in [1.54, 1.807) is 14.2 Å². The molecule has 3 aromatic rings. The SMILES string of the molecule is COc1ccc(CCNc2nc(C)nc3sc4c(c23)CCC4)cc1OC. The number of aromatic nitrogens is 2. The van der Waals surface area contributed by atoms with Crippen molar-refractivity contribution < 1.29 is 9.47 Å². The van der Waals surface area contributed by atoms with Gasteiger partial charge in [0.25, 0.3) is 0 Å². The van der Waals surface area contributed by atoms with Gasteiger partial charge in [0.2, 0.25) is 0 Å². The van der Waals surface area contributed by atoms with Gasteiger partial charge in [-0.3, -0.25) is 0 Å². The molecule has 0 radical (unpaired) electrons. The molecule has 4 rings (SSSR count). The van der Waals surface area contributed by atoms with Gasteiger partial charge in [-0.15, -0.1) is 11.3 Å². The molecule has 136 valence electrons. The predicted octanol–water partition coefficient (Wildman–Crippen LogP) is 4.16. The number of fused-ring (bicyclic) bond motifs is 3. The summed E-state index contributed by atoms with van der Waals surface area (Å²) in [7, 11) is 3.32. The molecular weight excluding hydrogens is 346 g/mol. The minimum Gasteiger partial charge on any atom is -0.493 e. The lowest BCUT2D eigenvalue weighted by atomic mass is 10.1. The number of benzene rings is 1. The maximum atomic E-state index is 5.39. The first kappa shape index (κ1) is 17.1. The van der Waals surface area contributed by atoms with Crippen molar-refractivity contribution >= 4 is 27.4 Å². The first-order valence-corrected chi connectivity index (χ1v) is 9.75. The summed E-state index contributed by atoms with van der Waals surface area (Å²) in [6.07, 6.45) is 4.46. The van der Waals surface area contributed by atoms with Crippen LogP contribution < -0.4 is 14.8 Å². The minimum atomic E-state index is 0.756. The van der Waals surface area contributed by atoms with Crippen LogP contribution in [0.1, 0.15) is 28.2 Å². The maximum Gasteiger partial charge on any atom is 0.160 e. The number of aryl methyl sites for hydroxylation is 3. The van der Waals surface area contributed by atoms with E-state index < -0.39 is 0 Å². The first-order chi connectivity index (χ1) is 12.7. The van der Waals surface area contributed by atoms with Gasteiger partial charge in [0.15, 0.2) is 11.5 Å². The number of nitrogens with one attached hydrogen (secondary N) is 1. The summed E-state index contributed by atoms with van der Waals surface area (Å²) < 4.78 is 10.7. The van der Waals surface area contributed by atoms with Crippen LogP contribution in [-0.4, -0.2) is 30.7 Å². The number of methoxy groups -OCH3 is 2. The average Bonchev–Trinajstić information content (AvgIpc) is 3.21. The number of hydrogen-bond donors (Lipinski definition) is 1. The van der Waals surface area contributed by atoms with Gasteiger partial charge in [0.05, 0.1) is 19.6 Å². The van der Waals surface area contributed by atoms with Crippen LogP contribution >= 0.6 is 11.3 Å². The van der Waals surface area contributed by atoms with Crippen molar-refractivity contribution in [1.82, 2.24) is 9.97 Å². The lowest BCUT2D eigenvalue weighted by Gasteiger charge is -2.11. The van der Waals surface area contributed by atoms with E-state index in [1.165, 1.54) is 34.2 Å². The lowest BCUT2D eigenvalue weighted by Crippen LogP contribution is -2.08. The van der Waals surface area contributed by atoms with E-state index in [-0.39, 0.29) is 0 Å². The molecule has 0 amide bonds. The summed E-state index contributed by atoms with van der Waals surface area (Å²) in [6.45, 7) is 2.77. The number of ether oxygens (including phenoxy) is 2. The minimum absolute atomic E-state index is 0.756. The Kier molecular flexibility index (Phi) is 4.68. The van der Waals surface area contributed by atoms with Crippen molar-refractivity contribution in [3.8, 4) is 11.5 Å². The largest absolute Gasteiger partial charge is 0.493 e. The molecule has 2 heterocycles. The first-order valence-electron chi connectivity index (χ1n) is 8.93. The standard InChI is InChI=1S/C20H23N3O2S/c1-12-22-19(18-14-5-4-6-17(14)26-20(18)23-12)21-10-9-13-7-8-15(24-2)16(11-13)25-3/h7-8,11H,4-6,9-10H2,1-3H3,(H,21,22,23). The van der Waals surface area contributed by atoms with E-state index in [1.807, 2.05) is 30.4 Å². The molecular formula is C20H23N3O2S. The van der Waals surface area contributed by atoms with Gasteiger partial charge >= 0.3 is 0 Å². The van der Waals surface area contributed by atoms with Crippen LogP contribution in [0.3, 0.4) is 0 Å². The highest BCUT2D eigenvalue weighted by atomic mass is 32.1. The van der Waals surface area contributed by atoms with E-state index in [0.717, 1.165) is 47.4 Å².